The van der Waals surface area contributed by atoms with Crippen LogP contribution in [0.5, 0.6) is 0 Å². The first-order valence-electron chi connectivity index (χ1n) is 4.11. The molecule has 0 unspecified atom stereocenters. The van der Waals surface area contributed by atoms with E-state index in [0.29, 0.717) is 18.2 Å². The number of hydrogen-bond donors (Lipinski definition) is 2. The highest BCUT2D eigenvalue weighted by atomic mass is 15.3. The van der Waals surface area contributed by atoms with Crippen molar-refractivity contribution in [2.45, 2.75) is 6.54 Å². The van der Waals surface area contributed by atoms with Gasteiger partial charge in [0.25, 0.3) is 5.95 Å². The second-order valence-electron chi connectivity index (χ2n) is 2.81. The van der Waals surface area contributed by atoms with Crippen LogP contribution in [0, 0.1) is 0 Å². The van der Waals surface area contributed by atoms with Crippen LogP contribution in [0.25, 0.3) is 5.95 Å². The number of nitrogens with zero attached hydrogens (tertiary/aromatic N) is 4. The molecule has 0 amide bonds. The Bertz CT molecular complexity index is 418. The van der Waals surface area contributed by atoms with E-state index < -0.39 is 0 Å². The number of nitrogens with two attached hydrogens (primary N) is 2. The topological polar surface area (TPSA) is 95.6 Å². The van der Waals surface area contributed by atoms with Crippen LogP contribution in [0.15, 0.2) is 24.8 Å². The minimum atomic E-state index is 0.453. The Morgan fingerprint density at radius 3 is 2.50 bits per heavy atom. The van der Waals surface area contributed by atoms with Crippen molar-refractivity contribution in [3.8, 4) is 5.95 Å². The molecule has 2 aromatic rings. The van der Waals surface area contributed by atoms with Gasteiger partial charge in [-0.05, 0) is 0 Å². The maximum absolute atomic E-state index is 5.46. The first-order valence-corrected chi connectivity index (χ1v) is 4.11. The molecule has 2 aromatic heterocycles. The number of hydrogen-bond acceptors (Lipinski definition) is 5. The lowest BCUT2D eigenvalue weighted by atomic mass is 10.4. The van der Waals surface area contributed by atoms with Gasteiger partial charge >= 0.3 is 0 Å². The van der Waals surface area contributed by atoms with Crippen LogP contribution < -0.4 is 11.5 Å². The maximum Gasteiger partial charge on any atom is 0.250 e. The molecule has 0 aliphatic rings. The molecule has 0 bridgehead atoms. The van der Waals surface area contributed by atoms with Gasteiger partial charge in [-0.2, -0.15) is 5.10 Å². The Hall–Kier alpha value is -1.95. The molecule has 14 heavy (non-hydrogen) atoms. The van der Waals surface area contributed by atoms with Gasteiger partial charge in [0.1, 0.15) is 0 Å². The van der Waals surface area contributed by atoms with Crippen LogP contribution in [0.4, 0.5) is 5.69 Å². The summed E-state index contributed by atoms with van der Waals surface area (Å²) in [4.78, 5) is 8.04. The van der Waals surface area contributed by atoms with Gasteiger partial charge in [0, 0.05) is 18.3 Å². The van der Waals surface area contributed by atoms with E-state index >= 15 is 0 Å². The lowest BCUT2D eigenvalue weighted by molar-refractivity contribution is 0.808. The fraction of sp³-hybridized carbons (Fsp3) is 0.125. The fourth-order valence-electron chi connectivity index (χ4n) is 1.02. The predicted molar refractivity (Wildman–Crippen MR) is 51.5 cm³/mol. The van der Waals surface area contributed by atoms with Gasteiger partial charge in [-0.15, -0.1) is 0 Å². The number of nitrogen functional groups attached to an aromatic ring is 1. The third-order valence-electron chi connectivity index (χ3n) is 1.73. The maximum atomic E-state index is 5.46. The fourth-order valence-corrected chi connectivity index (χ4v) is 1.02. The third kappa shape index (κ3) is 1.55. The van der Waals surface area contributed by atoms with Crippen molar-refractivity contribution < 1.29 is 0 Å². The quantitative estimate of drug-likeness (QED) is 0.678. The first-order chi connectivity index (χ1) is 6.79. The molecule has 72 valence electrons. The molecule has 4 N–H and O–H groups in total. The summed E-state index contributed by atoms with van der Waals surface area (Å²) in [6.45, 7) is 0.453. The molecule has 2 rings (SSSR count). The minimum Gasteiger partial charge on any atom is -0.396 e. The summed E-state index contributed by atoms with van der Waals surface area (Å²) in [5.74, 6) is 0.485. The average molecular weight is 190 g/mol. The van der Waals surface area contributed by atoms with E-state index in [1.807, 2.05) is 0 Å². The monoisotopic (exact) mass is 190 g/mol. The SMILES string of the molecule is NCc1cnn(-c2ncc(N)cn2)c1. The molecule has 0 fully saturated rings. The number of rotatable bonds is 2. The van der Waals surface area contributed by atoms with E-state index in [0.717, 1.165) is 5.56 Å². The van der Waals surface area contributed by atoms with Gasteiger partial charge in [0.2, 0.25) is 0 Å². The summed E-state index contributed by atoms with van der Waals surface area (Å²) in [5.41, 5.74) is 12.4. The molecule has 0 atom stereocenters. The first kappa shape index (κ1) is 8.64. The molecule has 6 nitrogen and oxygen atoms in total. The van der Waals surface area contributed by atoms with E-state index in [1.165, 1.54) is 12.4 Å². The summed E-state index contributed by atoms with van der Waals surface area (Å²) in [6, 6.07) is 0. The van der Waals surface area contributed by atoms with E-state index in [2.05, 4.69) is 15.1 Å². The van der Waals surface area contributed by atoms with Gasteiger partial charge in [-0.1, -0.05) is 0 Å². The van der Waals surface area contributed by atoms with E-state index in [-0.39, 0.29) is 0 Å². The lowest BCUT2D eigenvalue weighted by Crippen LogP contribution is -2.02. The Kier molecular flexibility index (Phi) is 2.11. The highest BCUT2D eigenvalue weighted by Crippen LogP contribution is 2.03. The van der Waals surface area contributed by atoms with Crippen molar-refractivity contribution in [3.05, 3.63) is 30.4 Å². The highest BCUT2D eigenvalue weighted by molar-refractivity contribution is 5.32. The van der Waals surface area contributed by atoms with Crippen molar-refractivity contribution >= 4 is 5.69 Å². The molecule has 6 heteroatoms. The molecular formula is C8H10N6. The molecule has 0 saturated heterocycles. The van der Waals surface area contributed by atoms with E-state index in [4.69, 9.17) is 11.5 Å². The average Bonchev–Trinajstić information content (AvgIpc) is 2.67. The molecular weight excluding hydrogens is 180 g/mol. The summed E-state index contributed by atoms with van der Waals surface area (Å²) in [6.07, 6.45) is 6.53. The van der Waals surface area contributed by atoms with Crippen LogP contribution in [-0.2, 0) is 6.54 Å². The minimum absolute atomic E-state index is 0.453. The zero-order valence-corrected chi connectivity index (χ0v) is 7.46. The van der Waals surface area contributed by atoms with Crippen LogP contribution in [0.1, 0.15) is 5.56 Å². The van der Waals surface area contributed by atoms with Crippen molar-refractivity contribution in [2.24, 2.45) is 5.73 Å². The Balaban J connectivity index is 2.34. The number of aromatic nitrogens is 4. The van der Waals surface area contributed by atoms with Crippen molar-refractivity contribution in [3.63, 3.8) is 0 Å². The zero-order chi connectivity index (χ0) is 9.97. The number of anilines is 1. The third-order valence-corrected chi connectivity index (χ3v) is 1.73. The van der Waals surface area contributed by atoms with Crippen LogP contribution in [0.3, 0.4) is 0 Å². The van der Waals surface area contributed by atoms with Crippen molar-refractivity contribution in [2.75, 3.05) is 5.73 Å². The summed E-state index contributed by atoms with van der Waals surface area (Å²) in [5, 5.41) is 4.06. The van der Waals surface area contributed by atoms with Gasteiger partial charge in [0.05, 0.1) is 24.3 Å². The molecule has 2 heterocycles. The summed E-state index contributed by atoms with van der Waals surface area (Å²) < 4.78 is 1.56. The molecule has 0 aliphatic carbocycles. The smallest absolute Gasteiger partial charge is 0.250 e. The van der Waals surface area contributed by atoms with E-state index in [1.54, 1.807) is 17.1 Å². The summed E-state index contributed by atoms with van der Waals surface area (Å²) >= 11 is 0. The Morgan fingerprint density at radius 2 is 1.93 bits per heavy atom. The second kappa shape index (κ2) is 3.43. The summed E-state index contributed by atoms with van der Waals surface area (Å²) in [7, 11) is 0. The molecule has 0 saturated carbocycles. The van der Waals surface area contributed by atoms with Crippen molar-refractivity contribution in [1.29, 1.82) is 0 Å². The second-order valence-corrected chi connectivity index (χ2v) is 2.81. The normalized spacial score (nSPS) is 10.4. The van der Waals surface area contributed by atoms with Gasteiger partial charge < -0.3 is 11.5 Å². The largest absolute Gasteiger partial charge is 0.396 e. The lowest BCUT2D eigenvalue weighted by Gasteiger charge is -1.97. The predicted octanol–water partition coefficient (Wildman–Crippen LogP) is -0.297. The van der Waals surface area contributed by atoms with Gasteiger partial charge in [-0.3, -0.25) is 0 Å². The molecule has 0 aromatic carbocycles. The van der Waals surface area contributed by atoms with E-state index in [9.17, 15) is 0 Å². The Morgan fingerprint density at radius 1 is 1.21 bits per heavy atom. The van der Waals surface area contributed by atoms with Gasteiger partial charge in [-0.25, -0.2) is 14.6 Å². The standard InChI is InChI=1S/C8H10N6/c9-1-6-2-13-14(5-6)8-11-3-7(10)4-12-8/h2-5H,1,9-10H2. The van der Waals surface area contributed by atoms with Gasteiger partial charge in [0.15, 0.2) is 0 Å². The molecule has 0 spiro atoms. The molecule has 0 aliphatic heterocycles. The highest BCUT2D eigenvalue weighted by Gasteiger charge is 2.01. The zero-order valence-electron chi connectivity index (χ0n) is 7.46. The van der Waals surface area contributed by atoms with Crippen LogP contribution in [-0.4, -0.2) is 19.7 Å². The molecule has 0 radical (unpaired) electrons. The van der Waals surface area contributed by atoms with Crippen LogP contribution in [0.2, 0.25) is 0 Å². The Labute approximate surface area is 80.6 Å². The van der Waals surface area contributed by atoms with Crippen LogP contribution >= 0.6 is 0 Å². The van der Waals surface area contributed by atoms with Crippen molar-refractivity contribution in [1.82, 2.24) is 19.7 Å².